The van der Waals surface area contributed by atoms with E-state index in [2.05, 4.69) is 33.6 Å². The van der Waals surface area contributed by atoms with E-state index >= 15 is 0 Å². The maximum atomic E-state index is 11.0. The quantitative estimate of drug-likeness (QED) is 0.758. The Morgan fingerprint density at radius 3 is 2.94 bits per heavy atom. The maximum absolute atomic E-state index is 11.0. The fourth-order valence-electron chi connectivity index (χ4n) is 1.75. The van der Waals surface area contributed by atoms with Crippen molar-refractivity contribution in [3.63, 3.8) is 0 Å². The van der Waals surface area contributed by atoms with Gasteiger partial charge in [-0.15, -0.1) is 0 Å². The standard InChI is InChI=1S/C13H16N2OS2/c1-3-4-11-12(8-16)18-13(14-11)15(2)7-10-5-6-17-9-10/h5-6,8-9H,3-4,7H2,1-2H3. The number of carbonyl (C=O) groups excluding carboxylic acids is 1. The van der Waals surface area contributed by atoms with Gasteiger partial charge in [0, 0.05) is 13.6 Å². The molecule has 2 heterocycles. The summed E-state index contributed by atoms with van der Waals surface area (Å²) in [5.41, 5.74) is 2.21. The van der Waals surface area contributed by atoms with E-state index in [4.69, 9.17) is 0 Å². The molecular weight excluding hydrogens is 264 g/mol. The van der Waals surface area contributed by atoms with Crippen LogP contribution in [0.4, 0.5) is 5.13 Å². The molecule has 0 saturated carbocycles. The normalized spacial score (nSPS) is 10.6. The molecule has 0 saturated heterocycles. The highest BCUT2D eigenvalue weighted by atomic mass is 32.1. The number of aromatic nitrogens is 1. The monoisotopic (exact) mass is 280 g/mol. The molecule has 2 rings (SSSR count). The second-order valence-corrected chi connectivity index (χ2v) is 5.95. The lowest BCUT2D eigenvalue weighted by Crippen LogP contribution is -2.15. The first kappa shape index (κ1) is 13.2. The fraction of sp³-hybridized carbons (Fsp3) is 0.385. The Kier molecular flexibility index (Phi) is 4.49. The van der Waals surface area contributed by atoms with E-state index in [1.807, 2.05) is 7.05 Å². The van der Waals surface area contributed by atoms with E-state index in [1.54, 1.807) is 11.3 Å². The zero-order valence-electron chi connectivity index (χ0n) is 10.5. The van der Waals surface area contributed by atoms with Gasteiger partial charge in [0.05, 0.1) is 10.6 Å². The maximum Gasteiger partial charge on any atom is 0.186 e. The molecule has 0 unspecified atom stereocenters. The molecule has 0 fully saturated rings. The lowest BCUT2D eigenvalue weighted by molar-refractivity contribution is 0.112. The van der Waals surface area contributed by atoms with Crippen LogP contribution < -0.4 is 4.90 Å². The van der Waals surface area contributed by atoms with E-state index in [0.717, 1.165) is 41.4 Å². The Morgan fingerprint density at radius 2 is 2.33 bits per heavy atom. The van der Waals surface area contributed by atoms with Gasteiger partial charge in [-0.1, -0.05) is 24.7 Å². The molecule has 0 aliphatic carbocycles. The Labute approximate surface area is 115 Å². The minimum absolute atomic E-state index is 0.768. The second kappa shape index (κ2) is 6.11. The van der Waals surface area contributed by atoms with Gasteiger partial charge in [0.15, 0.2) is 11.4 Å². The van der Waals surface area contributed by atoms with Crippen LogP contribution in [0.2, 0.25) is 0 Å². The van der Waals surface area contributed by atoms with Crippen LogP contribution in [0.25, 0.3) is 0 Å². The number of thiazole rings is 1. The minimum atomic E-state index is 0.768. The largest absolute Gasteiger partial charge is 0.347 e. The first-order chi connectivity index (χ1) is 8.74. The molecule has 0 aromatic carbocycles. The summed E-state index contributed by atoms with van der Waals surface area (Å²) in [5.74, 6) is 0. The molecule has 0 aliphatic rings. The molecule has 0 spiro atoms. The average molecular weight is 280 g/mol. The van der Waals surface area contributed by atoms with Crippen molar-refractivity contribution in [1.82, 2.24) is 4.98 Å². The molecule has 2 aromatic heterocycles. The van der Waals surface area contributed by atoms with Gasteiger partial charge in [0.1, 0.15) is 0 Å². The van der Waals surface area contributed by atoms with E-state index < -0.39 is 0 Å². The smallest absolute Gasteiger partial charge is 0.186 e. The van der Waals surface area contributed by atoms with Crippen molar-refractivity contribution in [2.45, 2.75) is 26.3 Å². The molecule has 0 amide bonds. The predicted octanol–water partition coefficient (Wildman–Crippen LogP) is 3.61. The summed E-state index contributed by atoms with van der Waals surface area (Å²) in [6.07, 6.45) is 2.81. The van der Waals surface area contributed by atoms with Gasteiger partial charge in [0.2, 0.25) is 0 Å². The van der Waals surface area contributed by atoms with Crippen LogP contribution in [0, 0.1) is 0 Å². The summed E-state index contributed by atoms with van der Waals surface area (Å²) in [4.78, 5) is 18.4. The molecule has 0 bridgehead atoms. The predicted molar refractivity (Wildman–Crippen MR) is 77.9 cm³/mol. The molecule has 96 valence electrons. The number of rotatable bonds is 6. The Bertz CT molecular complexity index is 505. The van der Waals surface area contributed by atoms with Crippen LogP contribution in [0.1, 0.15) is 34.3 Å². The van der Waals surface area contributed by atoms with E-state index in [-0.39, 0.29) is 0 Å². The lowest BCUT2D eigenvalue weighted by atomic mass is 10.2. The van der Waals surface area contributed by atoms with Crippen molar-refractivity contribution in [2.75, 3.05) is 11.9 Å². The van der Waals surface area contributed by atoms with E-state index in [0.29, 0.717) is 0 Å². The molecular formula is C13H16N2OS2. The highest BCUT2D eigenvalue weighted by Crippen LogP contribution is 2.26. The number of hydrogen-bond acceptors (Lipinski definition) is 5. The summed E-state index contributed by atoms with van der Waals surface area (Å²) >= 11 is 3.18. The van der Waals surface area contributed by atoms with E-state index in [1.165, 1.54) is 16.9 Å². The third-order valence-corrected chi connectivity index (χ3v) is 4.51. The van der Waals surface area contributed by atoms with Gasteiger partial charge in [0.25, 0.3) is 0 Å². The molecule has 0 atom stereocenters. The first-order valence-corrected chi connectivity index (χ1v) is 7.67. The van der Waals surface area contributed by atoms with Crippen LogP contribution in [0.3, 0.4) is 0 Å². The number of hydrogen-bond donors (Lipinski definition) is 0. The molecule has 3 nitrogen and oxygen atoms in total. The molecule has 0 aliphatic heterocycles. The highest BCUT2D eigenvalue weighted by Gasteiger charge is 2.13. The zero-order valence-corrected chi connectivity index (χ0v) is 12.2. The minimum Gasteiger partial charge on any atom is -0.347 e. The van der Waals surface area contributed by atoms with Gasteiger partial charge in [-0.2, -0.15) is 11.3 Å². The average Bonchev–Trinajstić information content (AvgIpc) is 2.98. The Balaban J connectivity index is 2.14. The number of aryl methyl sites for hydroxylation is 1. The van der Waals surface area contributed by atoms with Crippen molar-refractivity contribution >= 4 is 34.1 Å². The summed E-state index contributed by atoms with van der Waals surface area (Å²) in [5, 5.41) is 5.13. The van der Waals surface area contributed by atoms with E-state index in [9.17, 15) is 4.79 Å². The number of nitrogens with zero attached hydrogens (tertiary/aromatic N) is 2. The molecule has 2 aromatic rings. The number of anilines is 1. The summed E-state index contributed by atoms with van der Waals surface area (Å²) in [7, 11) is 2.01. The van der Waals surface area contributed by atoms with Gasteiger partial charge in [-0.3, -0.25) is 4.79 Å². The zero-order chi connectivity index (χ0) is 13.0. The molecule has 18 heavy (non-hydrogen) atoms. The van der Waals surface area contributed by atoms with Gasteiger partial charge in [-0.05, 0) is 28.8 Å². The third-order valence-electron chi connectivity index (χ3n) is 2.64. The van der Waals surface area contributed by atoms with Crippen molar-refractivity contribution in [1.29, 1.82) is 0 Å². The summed E-state index contributed by atoms with van der Waals surface area (Å²) in [6, 6.07) is 2.11. The van der Waals surface area contributed by atoms with Gasteiger partial charge in [-0.25, -0.2) is 4.98 Å². The third kappa shape index (κ3) is 2.97. The van der Waals surface area contributed by atoms with Crippen LogP contribution in [0.15, 0.2) is 16.8 Å². The summed E-state index contributed by atoms with van der Waals surface area (Å²) < 4.78 is 0. The van der Waals surface area contributed by atoms with Crippen LogP contribution in [-0.4, -0.2) is 18.3 Å². The summed E-state index contributed by atoms with van der Waals surface area (Å²) in [6.45, 7) is 2.93. The first-order valence-electron chi connectivity index (χ1n) is 5.91. The number of aldehydes is 1. The lowest BCUT2D eigenvalue weighted by Gasteiger charge is -2.14. The second-order valence-electron chi connectivity index (χ2n) is 4.16. The van der Waals surface area contributed by atoms with Crippen molar-refractivity contribution in [3.05, 3.63) is 33.0 Å². The Hall–Kier alpha value is -1.20. The number of thiophene rings is 1. The topological polar surface area (TPSA) is 33.2 Å². The van der Waals surface area contributed by atoms with Crippen molar-refractivity contribution in [2.24, 2.45) is 0 Å². The van der Waals surface area contributed by atoms with Crippen molar-refractivity contribution < 1.29 is 4.79 Å². The highest BCUT2D eigenvalue weighted by molar-refractivity contribution is 7.17. The molecule has 0 N–H and O–H groups in total. The fourth-order valence-corrected chi connectivity index (χ4v) is 3.29. The molecule has 5 heteroatoms. The number of carbonyl (C=O) groups is 1. The Morgan fingerprint density at radius 1 is 1.50 bits per heavy atom. The van der Waals surface area contributed by atoms with Gasteiger partial charge >= 0.3 is 0 Å². The van der Waals surface area contributed by atoms with Crippen molar-refractivity contribution in [3.8, 4) is 0 Å². The molecule has 0 radical (unpaired) electrons. The van der Waals surface area contributed by atoms with Gasteiger partial charge < -0.3 is 4.90 Å². The SMILES string of the molecule is CCCc1nc(N(C)Cc2ccsc2)sc1C=O. The van der Waals surface area contributed by atoms with Crippen LogP contribution in [0.5, 0.6) is 0 Å². The van der Waals surface area contributed by atoms with Crippen LogP contribution in [-0.2, 0) is 13.0 Å². The van der Waals surface area contributed by atoms with Crippen LogP contribution >= 0.6 is 22.7 Å².